The van der Waals surface area contributed by atoms with E-state index in [1.807, 2.05) is 37.3 Å². The molecular formula is C11H16N2O. The van der Waals surface area contributed by atoms with Crippen molar-refractivity contribution in [2.75, 3.05) is 0 Å². The Kier molecular flexibility index (Phi) is 3.65. The van der Waals surface area contributed by atoms with Gasteiger partial charge in [0.2, 0.25) is 5.91 Å². The van der Waals surface area contributed by atoms with Gasteiger partial charge in [-0.1, -0.05) is 30.3 Å². The fraction of sp³-hybridized carbons (Fsp3) is 0.364. The monoisotopic (exact) mass is 192 g/mol. The summed E-state index contributed by atoms with van der Waals surface area (Å²) < 4.78 is 0. The van der Waals surface area contributed by atoms with Gasteiger partial charge in [-0.3, -0.25) is 4.79 Å². The van der Waals surface area contributed by atoms with Crippen LogP contribution in [0, 0.1) is 0 Å². The number of amides is 1. The van der Waals surface area contributed by atoms with Crippen molar-refractivity contribution in [3.05, 3.63) is 35.9 Å². The van der Waals surface area contributed by atoms with Gasteiger partial charge in [-0.25, -0.2) is 0 Å². The smallest absolute Gasteiger partial charge is 0.237 e. The molecule has 0 saturated carbocycles. The molecule has 0 saturated heterocycles. The van der Waals surface area contributed by atoms with E-state index >= 15 is 0 Å². The van der Waals surface area contributed by atoms with Gasteiger partial charge in [-0.05, 0) is 19.4 Å². The van der Waals surface area contributed by atoms with Crippen molar-refractivity contribution in [1.82, 2.24) is 5.32 Å². The maximum absolute atomic E-state index is 11.3. The number of rotatable bonds is 3. The zero-order chi connectivity index (χ0) is 10.6. The van der Waals surface area contributed by atoms with Gasteiger partial charge >= 0.3 is 0 Å². The van der Waals surface area contributed by atoms with Crippen molar-refractivity contribution in [3.63, 3.8) is 0 Å². The lowest BCUT2D eigenvalue weighted by Crippen LogP contribution is -2.39. The van der Waals surface area contributed by atoms with Gasteiger partial charge < -0.3 is 11.1 Å². The van der Waals surface area contributed by atoms with Crippen LogP contribution < -0.4 is 11.1 Å². The molecule has 0 spiro atoms. The van der Waals surface area contributed by atoms with Crippen molar-refractivity contribution in [1.29, 1.82) is 0 Å². The second-order valence-corrected chi connectivity index (χ2v) is 3.43. The Morgan fingerprint density at radius 2 is 1.86 bits per heavy atom. The zero-order valence-corrected chi connectivity index (χ0v) is 8.53. The molecular weight excluding hydrogens is 176 g/mol. The minimum atomic E-state index is -0.457. The molecule has 14 heavy (non-hydrogen) atoms. The molecule has 0 heterocycles. The summed E-state index contributed by atoms with van der Waals surface area (Å²) in [7, 11) is 0. The van der Waals surface area contributed by atoms with Crippen molar-refractivity contribution >= 4 is 5.91 Å². The molecule has 0 bridgehead atoms. The van der Waals surface area contributed by atoms with E-state index in [1.54, 1.807) is 6.92 Å². The van der Waals surface area contributed by atoms with Crippen LogP contribution in [0.15, 0.2) is 30.3 Å². The number of carbonyl (C=O) groups is 1. The van der Waals surface area contributed by atoms with E-state index in [2.05, 4.69) is 5.32 Å². The second-order valence-electron chi connectivity index (χ2n) is 3.43. The minimum absolute atomic E-state index is 0.00898. The molecule has 1 unspecified atom stereocenters. The summed E-state index contributed by atoms with van der Waals surface area (Å²) in [5.41, 5.74) is 6.53. The maximum Gasteiger partial charge on any atom is 0.237 e. The summed E-state index contributed by atoms with van der Waals surface area (Å²) in [4.78, 5) is 11.3. The molecule has 3 nitrogen and oxygen atoms in total. The molecule has 76 valence electrons. The number of hydrogen-bond donors (Lipinski definition) is 2. The van der Waals surface area contributed by atoms with Gasteiger partial charge in [0.25, 0.3) is 0 Å². The first kappa shape index (κ1) is 10.7. The van der Waals surface area contributed by atoms with Gasteiger partial charge in [-0.15, -0.1) is 0 Å². The van der Waals surface area contributed by atoms with Gasteiger partial charge in [-0.2, -0.15) is 0 Å². The number of carbonyl (C=O) groups excluding carboxylic acids is 1. The van der Waals surface area contributed by atoms with E-state index in [0.717, 1.165) is 5.56 Å². The molecule has 1 rings (SSSR count). The lowest BCUT2D eigenvalue weighted by atomic mass is 10.1. The lowest BCUT2D eigenvalue weighted by molar-refractivity contribution is -0.122. The number of benzene rings is 1. The summed E-state index contributed by atoms with van der Waals surface area (Å²) in [5.74, 6) is -0.124. The highest BCUT2D eigenvalue weighted by Gasteiger charge is 2.11. The Balaban J connectivity index is 2.59. The van der Waals surface area contributed by atoms with E-state index in [4.69, 9.17) is 5.73 Å². The SMILES string of the molecule is CC(NC(=O)[C@H](C)N)c1ccccc1. The van der Waals surface area contributed by atoms with Crippen LogP contribution in [0.3, 0.4) is 0 Å². The van der Waals surface area contributed by atoms with Crippen LogP contribution in [-0.2, 0) is 4.79 Å². The standard InChI is InChI=1S/C11H16N2O/c1-8(12)11(14)13-9(2)10-6-4-3-5-7-10/h3-9H,12H2,1-2H3,(H,13,14)/t8-,9?/m0/s1. The zero-order valence-electron chi connectivity index (χ0n) is 8.53. The molecule has 0 aliphatic rings. The topological polar surface area (TPSA) is 55.1 Å². The van der Waals surface area contributed by atoms with E-state index in [0.29, 0.717) is 0 Å². The summed E-state index contributed by atoms with van der Waals surface area (Å²) in [6, 6.07) is 9.35. The fourth-order valence-electron chi connectivity index (χ4n) is 1.17. The van der Waals surface area contributed by atoms with Crippen LogP contribution in [0.4, 0.5) is 0 Å². The van der Waals surface area contributed by atoms with Crippen molar-refractivity contribution in [2.24, 2.45) is 5.73 Å². The highest BCUT2D eigenvalue weighted by molar-refractivity contribution is 5.81. The van der Waals surface area contributed by atoms with Gasteiger partial charge in [0.15, 0.2) is 0 Å². The van der Waals surface area contributed by atoms with Crippen LogP contribution >= 0.6 is 0 Å². The molecule has 0 fully saturated rings. The number of nitrogens with one attached hydrogen (secondary N) is 1. The minimum Gasteiger partial charge on any atom is -0.348 e. The molecule has 2 atom stereocenters. The number of nitrogens with two attached hydrogens (primary N) is 1. The molecule has 3 N–H and O–H groups in total. The molecule has 0 aliphatic heterocycles. The highest BCUT2D eigenvalue weighted by Crippen LogP contribution is 2.10. The van der Waals surface area contributed by atoms with Gasteiger partial charge in [0, 0.05) is 0 Å². The van der Waals surface area contributed by atoms with Crippen LogP contribution in [0.2, 0.25) is 0 Å². The van der Waals surface area contributed by atoms with E-state index in [1.165, 1.54) is 0 Å². The van der Waals surface area contributed by atoms with Crippen molar-refractivity contribution in [2.45, 2.75) is 25.9 Å². The number of hydrogen-bond acceptors (Lipinski definition) is 2. The van der Waals surface area contributed by atoms with Crippen LogP contribution in [-0.4, -0.2) is 11.9 Å². The quantitative estimate of drug-likeness (QED) is 0.756. The third-order valence-electron chi connectivity index (χ3n) is 2.07. The van der Waals surface area contributed by atoms with Gasteiger partial charge in [0.05, 0.1) is 12.1 Å². The summed E-state index contributed by atoms with van der Waals surface area (Å²) in [5, 5.41) is 2.83. The first-order valence-corrected chi connectivity index (χ1v) is 4.72. The Labute approximate surface area is 84.3 Å². The fourth-order valence-corrected chi connectivity index (χ4v) is 1.17. The van der Waals surface area contributed by atoms with Crippen LogP contribution in [0.25, 0.3) is 0 Å². The first-order chi connectivity index (χ1) is 6.61. The highest BCUT2D eigenvalue weighted by atomic mass is 16.2. The molecule has 1 amide bonds. The Hall–Kier alpha value is -1.35. The Bertz CT molecular complexity index is 295. The lowest BCUT2D eigenvalue weighted by Gasteiger charge is -2.15. The third kappa shape index (κ3) is 2.85. The predicted octanol–water partition coefficient (Wildman–Crippen LogP) is 1.21. The van der Waals surface area contributed by atoms with E-state index in [-0.39, 0.29) is 11.9 Å². The average molecular weight is 192 g/mol. The van der Waals surface area contributed by atoms with E-state index in [9.17, 15) is 4.79 Å². The first-order valence-electron chi connectivity index (χ1n) is 4.72. The summed E-state index contributed by atoms with van der Waals surface area (Å²) >= 11 is 0. The maximum atomic E-state index is 11.3. The van der Waals surface area contributed by atoms with Crippen LogP contribution in [0.5, 0.6) is 0 Å². The normalized spacial score (nSPS) is 14.5. The van der Waals surface area contributed by atoms with Gasteiger partial charge in [0.1, 0.15) is 0 Å². The summed E-state index contributed by atoms with van der Waals surface area (Å²) in [6.07, 6.45) is 0. The second kappa shape index (κ2) is 4.77. The molecule has 0 radical (unpaired) electrons. The molecule has 3 heteroatoms. The predicted molar refractivity (Wildman–Crippen MR) is 56.6 cm³/mol. The molecule has 0 aromatic heterocycles. The van der Waals surface area contributed by atoms with Crippen molar-refractivity contribution in [3.8, 4) is 0 Å². The summed E-state index contributed by atoms with van der Waals surface area (Å²) in [6.45, 7) is 3.61. The van der Waals surface area contributed by atoms with Crippen molar-refractivity contribution < 1.29 is 4.79 Å². The average Bonchev–Trinajstić information content (AvgIpc) is 2.19. The Morgan fingerprint density at radius 3 is 2.36 bits per heavy atom. The van der Waals surface area contributed by atoms with Crippen LogP contribution in [0.1, 0.15) is 25.5 Å². The third-order valence-corrected chi connectivity index (χ3v) is 2.07. The van der Waals surface area contributed by atoms with E-state index < -0.39 is 6.04 Å². The molecule has 1 aromatic rings. The molecule has 1 aromatic carbocycles. The molecule has 0 aliphatic carbocycles. The largest absolute Gasteiger partial charge is 0.348 e. The Morgan fingerprint density at radius 1 is 1.29 bits per heavy atom.